The molecule has 0 saturated heterocycles. The van der Waals surface area contributed by atoms with Crippen molar-refractivity contribution in [3.05, 3.63) is 437 Å². The summed E-state index contributed by atoms with van der Waals surface area (Å²) in [6.07, 6.45) is 0. The molecule has 0 fully saturated rings. The van der Waals surface area contributed by atoms with Crippen molar-refractivity contribution in [3.8, 4) is 164 Å². The van der Waals surface area contributed by atoms with E-state index in [2.05, 4.69) is 366 Å². The highest BCUT2D eigenvalue weighted by Crippen LogP contribution is 2.54. The molecule has 6 aromatic heterocycles. The van der Waals surface area contributed by atoms with Crippen LogP contribution in [0.4, 0.5) is 0 Å². The van der Waals surface area contributed by atoms with E-state index in [9.17, 15) is 0 Å². The van der Waals surface area contributed by atoms with E-state index < -0.39 is 0 Å². The highest BCUT2D eigenvalue weighted by Gasteiger charge is 2.31. The lowest BCUT2D eigenvalue weighted by Gasteiger charge is -2.14. The van der Waals surface area contributed by atoms with Gasteiger partial charge in [-0.15, -0.1) is 0 Å². The molecule has 6 heterocycles. The average Bonchev–Trinajstić information content (AvgIpc) is 1.55. The van der Waals surface area contributed by atoms with Gasteiger partial charge in [-0.3, -0.25) is 9.13 Å². The van der Waals surface area contributed by atoms with Gasteiger partial charge in [0.2, 0.25) is 11.9 Å². The largest absolute Gasteiger partial charge is 0.309 e. The molecule has 0 amide bonds. The Bertz CT molecular complexity index is 8390. The molecule has 0 atom stereocenters. The van der Waals surface area contributed by atoms with Crippen molar-refractivity contribution < 1.29 is 0 Å². The van der Waals surface area contributed by atoms with Gasteiger partial charge in [0.05, 0.1) is 55.9 Å². The molecule has 0 bridgehead atoms. The second kappa shape index (κ2) is 29.6. The summed E-state index contributed by atoms with van der Waals surface area (Å²) in [4.78, 5) is 35.7. The average molecular weight is 1640 g/mol. The molecule has 0 radical (unpaired) electrons. The van der Waals surface area contributed by atoms with Gasteiger partial charge in [-0.2, -0.15) is 9.97 Å². The van der Waals surface area contributed by atoms with Crippen molar-refractivity contribution in [2.45, 2.75) is 0 Å². The molecule has 0 aliphatic heterocycles. The van der Waals surface area contributed by atoms with E-state index in [0.717, 1.165) is 89.5 Å². The smallest absolute Gasteiger partial charge is 0.238 e. The zero-order chi connectivity index (χ0) is 84.7. The van der Waals surface area contributed by atoms with Crippen molar-refractivity contribution in [3.63, 3.8) is 0 Å². The van der Waals surface area contributed by atoms with Crippen LogP contribution in [-0.2, 0) is 0 Å². The van der Waals surface area contributed by atoms with E-state index in [4.69, 9.17) is 34.9 Å². The summed E-state index contributed by atoms with van der Waals surface area (Å²) in [5.74, 6) is 3.30. The van der Waals surface area contributed by atoms with Gasteiger partial charge < -0.3 is 4.57 Å². The lowest BCUT2D eigenvalue weighted by molar-refractivity contribution is 0.953. The predicted octanol–water partition coefficient (Wildman–Crippen LogP) is 30.2. The molecule has 3 aliphatic carbocycles. The normalized spacial score (nSPS) is 11.9. The maximum absolute atomic E-state index is 5.22. The minimum Gasteiger partial charge on any atom is -0.309 e. The van der Waals surface area contributed by atoms with Crippen LogP contribution >= 0.6 is 0 Å². The summed E-state index contributed by atoms with van der Waals surface area (Å²) in [5, 5.41) is 15.2. The van der Waals surface area contributed by atoms with Crippen molar-refractivity contribution in [2.75, 3.05) is 0 Å². The fourth-order valence-electron chi connectivity index (χ4n) is 20.5. The third-order valence-corrected chi connectivity index (χ3v) is 26.1. The monoisotopic (exact) mass is 1640 g/mol. The van der Waals surface area contributed by atoms with Crippen LogP contribution in [0.3, 0.4) is 0 Å². The highest BCUT2D eigenvalue weighted by molar-refractivity contribution is 6.33. The maximum Gasteiger partial charge on any atom is 0.238 e. The van der Waals surface area contributed by atoms with Crippen molar-refractivity contribution in [2.24, 2.45) is 0 Å². The molecule has 0 saturated carbocycles. The minimum atomic E-state index is 0.612. The molecule has 10 nitrogen and oxygen atoms in total. The second-order valence-corrected chi connectivity index (χ2v) is 33.3. The molecule has 19 aromatic carbocycles. The van der Waals surface area contributed by atoms with Gasteiger partial charge >= 0.3 is 0 Å². The third kappa shape index (κ3) is 11.8. The molecule has 10 heteroatoms. The summed E-state index contributed by atoms with van der Waals surface area (Å²) in [7, 11) is 0. The molecule has 129 heavy (non-hydrogen) atoms. The van der Waals surface area contributed by atoms with Crippen molar-refractivity contribution in [1.82, 2.24) is 48.6 Å². The molecule has 598 valence electrons. The van der Waals surface area contributed by atoms with Gasteiger partial charge in [0.25, 0.3) is 0 Å². The van der Waals surface area contributed by atoms with E-state index in [1.807, 2.05) is 84.9 Å². The Morgan fingerprint density at radius 1 is 0.140 bits per heavy atom. The topological polar surface area (TPSA) is 105 Å². The minimum absolute atomic E-state index is 0.612. The van der Waals surface area contributed by atoms with Gasteiger partial charge in [0.1, 0.15) is 0 Å². The first-order chi connectivity index (χ1) is 64.0. The zero-order valence-electron chi connectivity index (χ0n) is 69.5. The Labute approximate surface area is 741 Å². The lowest BCUT2D eigenvalue weighted by atomic mass is 9.93. The van der Waals surface area contributed by atoms with Gasteiger partial charge in [-0.25, -0.2) is 24.9 Å². The van der Waals surface area contributed by atoms with Crippen molar-refractivity contribution in [1.29, 1.82) is 0 Å². The summed E-state index contributed by atoms with van der Waals surface area (Å²) in [5.41, 5.74) is 33.9. The van der Waals surface area contributed by atoms with Gasteiger partial charge in [-0.1, -0.05) is 364 Å². The fraction of sp³-hybridized carbons (Fsp3) is 0. The second-order valence-electron chi connectivity index (χ2n) is 33.3. The van der Waals surface area contributed by atoms with Crippen LogP contribution in [0.2, 0.25) is 0 Å². The number of hydrogen-bond donors (Lipinski definition) is 0. The van der Waals surface area contributed by atoms with Gasteiger partial charge in [-0.05, 0) is 172 Å². The van der Waals surface area contributed by atoms with E-state index >= 15 is 0 Å². The number of fused-ring (bicyclic) bond motifs is 9. The van der Waals surface area contributed by atoms with Crippen LogP contribution in [0.1, 0.15) is 0 Å². The lowest BCUT2D eigenvalue weighted by Crippen LogP contribution is -2.06. The third-order valence-electron chi connectivity index (χ3n) is 26.1. The van der Waals surface area contributed by atoms with Gasteiger partial charge in [0.15, 0.2) is 17.5 Å². The van der Waals surface area contributed by atoms with Crippen LogP contribution in [-0.4, -0.2) is 48.6 Å². The molecular weight excluding hydrogens is 1570 g/mol. The van der Waals surface area contributed by atoms with Crippen LogP contribution < -0.4 is 0 Å². The fourth-order valence-corrected chi connectivity index (χ4v) is 20.5. The first kappa shape index (κ1) is 73.1. The van der Waals surface area contributed by atoms with E-state index in [1.165, 1.54) is 142 Å². The SMILES string of the molecule is c1ccc(-c2cc(-c3ccccc3)nc(-c3ccc(-n4c5cccc6c5c5c7c(cccc7ccc54)-c4ccccc4-6)cc3)n2)cc1.c1ccc(-c2cc(-c3ccccc3)nc(-n3c4cccc5c4c4c6c(cccc6ccc43)-c3ccccc3-5)n2)cc1.c1ccc(-c2nc(-c3ccccc3)nc(-n3c4cccc5c4c4c6c(cccc6ccc43)-c3ccccc3-5)n2)cc1. The summed E-state index contributed by atoms with van der Waals surface area (Å²) in [6.45, 7) is 0. The zero-order valence-corrected chi connectivity index (χ0v) is 69.5. The quantitative estimate of drug-likeness (QED) is 0.134. The first-order valence-corrected chi connectivity index (χ1v) is 43.8. The molecule has 28 rings (SSSR count). The molecule has 0 spiro atoms. The molecule has 25 aromatic rings. The Kier molecular flexibility index (Phi) is 16.8. The first-order valence-electron chi connectivity index (χ1n) is 43.8. The van der Waals surface area contributed by atoms with E-state index in [0.29, 0.717) is 29.4 Å². The summed E-state index contributed by atoms with van der Waals surface area (Å²) in [6, 6.07) is 154. The Morgan fingerprint density at radius 2 is 0.380 bits per heavy atom. The summed E-state index contributed by atoms with van der Waals surface area (Å²) >= 11 is 0. The number of nitrogens with zero attached hydrogens (tertiary/aromatic N) is 10. The van der Waals surface area contributed by atoms with Gasteiger partial charge in [0, 0.05) is 76.9 Å². The molecular formula is C119H72N10. The maximum atomic E-state index is 5.22. The highest BCUT2D eigenvalue weighted by atomic mass is 15.2. The number of rotatable bonds is 10. The van der Waals surface area contributed by atoms with Crippen LogP contribution in [0.5, 0.6) is 0 Å². The molecule has 3 aliphatic rings. The Hall–Kier alpha value is -17.5. The van der Waals surface area contributed by atoms with Crippen LogP contribution in [0.25, 0.3) is 261 Å². The van der Waals surface area contributed by atoms with E-state index in [1.54, 1.807) is 0 Å². The van der Waals surface area contributed by atoms with Crippen LogP contribution in [0, 0.1) is 0 Å². The number of aromatic nitrogens is 10. The van der Waals surface area contributed by atoms with Crippen molar-refractivity contribution >= 4 is 97.7 Å². The Morgan fingerprint density at radius 3 is 0.713 bits per heavy atom. The molecule has 0 N–H and O–H groups in total. The number of hydrogen-bond acceptors (Lipinski definition) is 7. The molecule has 0 unspecified atom stereocenters. The van der Waals surface area contributed by atoms with Crippen LogP contribution in [0.15, 0.2) is 437 Å². The summed E-state index contributed by atoms with van der Waals surface area (Å²) < 4.78 is 6.90. The standard InChI is InChI=1S/C44H27N3.C38H23N3.C37H22N4/c1-3-11-28(12-4-1)37-27-38(29-13-5-2-6-14-29)46-44(45-37)31-21-24-32(25-22-31)47-39-20-10-19-36-34-17-8-7-16-33(34)35-18-9-15-30-23-26-40(47)43(41(30)35)42(36)39;1-3-11-24(12-4-1)31-23-32(25-13-5-2-6-14-25)40-38(39-31)41-33-20-10-19-30-28-17-8-7-16-27(28)29-18-9-15-26-21-22-34(41)37(35(26)29)36(30)33;1-3-11-24(12-4-1)35-38-36(25-13-5-2-6-14-25)40-37(39-35)41-30-20-10-19-29-27-17-8-7-16-26(27)28-18-9-15-23-21-22-31(41)34(32(23)28)33(29)30/h1-27H;1-23H;1-22H. The Balaban J connectivity index is 0.000000102. The number of benzene rings is 19. The van der Waals surface area contributed by atoms with E-state index in [-0.39, 0.29) is 0 Å². The predicted molar refractivity (Wildman–Crippen MR) is 531 cm³/mol.